The van der Waals surface area contributed by atoms with Crippen molar-refractivity contribution in [3.8, 4) is 5.88 Å². The van der Waals surface area contributed by atoms with Crippen molar-refractivity contribution in [2.24, 2.45) is 0 Å². The van der Waals surface area contributed by atoms with Gasteiger partial charge in [0.05, 0.1) is 12.7 Å². The van der Waals surface area contributed by atoms with Crippen LogP contribution < -0.4 is 16.0 Å². The molecule has 3 atom stereocenters. The molecule has 2 bridgehead atoms. The Morgan fingerprint density at radius 1 is 1.59 bits per heavy atom. The Morgan fingerprint density at radius 2 is 2.41 bits per heavy atom. The summed E-state index contributed by atoms with van der Waals surface area (Å²) in [5, 5.41) is 0. The van der Waals surface area contributed by atoms with Crippen LogP contribution in [0.4, 0.5) is 0 Å². The van der Waals surface area contributed by atoms with Crippen molar-refractivity contribution in [1.82, 2.24) is 9.55 Å². The molecule has 3 heterocycles. The largest absolute Gasteiger partial charge is 0.472 e. The molecule has 17 heavy (non-hydrogen) atoms. The van der Waals surface area contributed by atoms with Crippen LogP contribution in [-0.4, -0.2) is 35.5 Å². The van der Waals surface area contributed by atoms with Crippen LogP contribution in [0.15, 0.2) is 15.7 Å². The Kier molecular flexibility index (Phi) is 2.30. The normalized spacial score (nSPS) is 29.8. The molecular weight excluding hydrogens is 228 g/mol. The van der Waals surface area contributed by atoms with Gasteiger partial charge in [0.1, 0.15) is 18.4 Å². The smallest absolute Gasteiger partial charge is 0.333 e. The SMILES string of the molecule is COC[C@H]1O[C@H]2C[C@@H]1Oc1cc(=O)[nH]c(=O)n12. The first kappa shape index (κ1) is 10.5. The Hall–Kier alpha value is -1.60. The van der Waals surface area contributed by atoms with Crippen LogP contribution >= 0.6 is 0 Å². The summed E-state index contributed by atoms with van der Waals surface area (Å²) >= 11 is 0. The zero-order valence-electron chi connectivity index (χ0n) is 9.21. The van der Waals surface area contributed by atoms with Crippen LogP contribution in [0.2, 0.25) is 0 Å². The third-order valence-electron chi connectivity index (χ3n) is 3.01. The number of aromatic nitrogens is 2. The van der Waals surface area contributed by atoms with Crippen molar-refractivity contribution >= 4 is 0 Å². The van der Waals surface area contributed by atoms with E-state index in [2.05, 4.69) is 4.98 Å². The zero-order valence-corrected chi connectivity index (χ0v) is 9.21. The van der Waals surface area contributed by atoms with E-state index in [1.807, 2.05) is 0 Å². The summed E-state index contributed by atoms with van der Waals surface area (Å²) in [5.41, 5.74) is -0.972. The molecule has 3 rings (SSSR count). The van der Waals surface area contributed by atoms with Crippen molar-refractivity contribution < 1.29 is 14.2 Å². The molecule has 7 nitrogen and oxygen atoms in total. The maximum Gasteiger partial charge on any atom is 0.333 e. The summed E-state index contributed by atoms with van der Waals surface area (Å²) in [6.07, 6.45) is -0.165. The standard InChI is InChI=1S/C10H12N2O5/c1-15-4-6-5-2-8(17-6)12-9(16-5)3-7(13)11-10(12)14/h3,5-6,8H,2,4H2,1H3,(H,11,13,14)/t5-,6+,8-/m0/s1. The van der Waals surface area contributed by atoms with E-state index in [1.54, 1.807) is 7.11 Å². The van der Waals surface area contributed by atoms with Crippen LogP contribution in [0.3, 0.4) is 0 Å². The molecule has 1 aromatic heterocycles. The molecule has 0 aliphatic carbocycles. The van der Waals surface area contributed by atoms with Gasteiger partial charge < -0.3 is 14.2 Å². The van der Waals surface area contributed by atoms with Gasteiger partial charge in [-0.05, 0) is 0 Å². The fraction of sp³-hybridized carbons (Fsp3) is 0.600. The minimum absolute atomic E-state index is 0.166. The molecule has 1 saturated heterocycles. The third kappa shape index (κ3) is 1.58. The van der Waals surface area contributed by atoms with Crippen molar-refractivity contribution in [2.45, 2.75) is 24.9 Å². The van der Waals surface area contributed by atoms with E-state index in [4.69, 9.17) is 14.2 Å². The maximum absolute atomic E-state index is 11.7. The molecule has 1 N–H and O–H groups in total. The van der Waals surface area contributed by atoms with Gasteiger partial charge in [-0.15, -0.1) is 0 Å². The predicted molar refractivity (Wildman–Crippen MR) is 56.1 cm³/mol. The molecule has 0 spiro atoms. The lowest BCUT2D eigenvalue weighted by atomic mass is 10.1. The summed E-state index contributed by atoms with van der Waals surface area (Å²) in [6.45, 7) is 0.401. The van der Waals surface area contributed by atoms with Gasteiger partial charge in [-0.1, -0.05) is 0 Å². The van der Waals surface area contributed by atoms with Crippen LogP contribution in [0, 0.1) is 0 Å². The monoisotopic (exact) mass is 240 g/mol. The van der Waals surface area contributed by atoms with Crippen molar-refractivity contribution in [2.75, 3.05) is 13.7 Å². The van der Waals surface area contributed by atoms with Gasteiger partial charge in [0.15, 0.2) is 0 Å². The lowest BCUT2D eigenvalue weighted by Gasteiger charge is -2.23. The highest BCUT2D eigenvalue weighted by Crippen LogP contribution is 2.36. The highest BCUT2D eigenvalue weighted by atomic mass is 16.6. The fourth-order valence-corrected chi connectivity index (χ4v) is 2.30. The van der Waals surface area contributed by atoms with Gasteiger partial charge in [0.25, 0.3) is 5.56 Å². The molecule has 2 aliphatic rings. The molecule has 0 amide bonds. The number of H-pyrrole nitrogens is 1. The zero-order chi connectivity index (χ0) is 12.0. The number of ether oxygens (including phenoxy) is 3. The minimum atomic E-state index is -0.506. The molecule has 92 valence electrons. The van der Waals surface area contributed by atoms with Crippen LogP contribution in [0.25, 0.3) is 0 Å². The van der Waals surface area contributed by atoms with Gasteiger partial charge in [0, 0.05) is 13.5 Å². The second kappa shape index (κ2) is 3.71. The number of methoxy groups -OCH3 is 1. The van der Waals surface area contributed by atoms with Crippen LogP contribution in [-0.2, 0) is 9.47 Å². The molecular formula is C10H12N2O5. The second-order valence-corrected chi connectivity index (χ2v) is 4.12. The van der Waals surface area contributed by atoms with Gasteiger partial charge in [-0.3, -0.25) is 9.78 Å². The van der Waals surface area contributed by atoms with Crippen LogP contribution in [0.1, 0.15) is 12.6 Å². The summed E-state index contributed by atoms with van der Waals surface area (Å²) in [7, 11) is 1.58. The van der Waals surface area contributed by atoms with E-state index in [0.717, 1.165) is 0 Å². The van der Waals surface area contributed by atoms with Gasteiger partial charge in [-0.2, -0.15) is 0 Å². The summed E-state index contributed by atoms with van der Waals surface area (Å²) in [6, 6.07) is 1.26. The number of nitrogens with zero attached hydrogens (tertiary/aromatic N) is 1. The Bertz CT molecular complexity index is 548. The highest BCUT2D eigenvalue weighted by Gasteiger charge is 2.43. The molecule has 0 radical (unpaired) electrons. The van der Waals surface area contributed by atoms with Crippen molar-refractivity contribution in [3.05, 3.63) is 26.9 Å². The lowest BCUT2D eigenvalue weighted by Crippen LogP contribution is -2.37. The van der Waals surface area contributed by atoms with E-state index in [-0.39, 0.29) is 24.3 Å². The maximum atomic E-state index is 11.7. The molecule has 1 fully saturated rings. The minimum Gasteiger partial charge on any atom is -0.472 e. The van der Waals surface area contributed by atoms with Gasteiger partial charge in [-0.25, -0.2) is 9.36 Å². The van der Waals surface area contributed by atoms with E-state index < -0.39 is 11.2 Å². The molecule has 0 unspecified atom stereocenters. The predicted octanol–water partition coefficient (Wildman–Crippen LogP) is -0.768. The van der Waals surface area contributed by atoms with Gasteiger partial charge in [0.2, 0.25) is 5.88 Å². The number of hydrogen-bond donors (Lipinski definition) is 1. The number of rotatable bonds is 2. The third-order valence-corrected chi connectivity index (χ3v) is 3.01. The van der Waals surface area contributed by atoms with Crippen LogP contribution in [0.5, 0.6) is 5.88 Å². The topological polar surface area (TPSA) is 82.6 Å². The molecule has 2 aliphatic heterocycles. The first-order valence-electron chi connectivity index (χ1n) is 5.36. The fourth-order valence-electron chi connectivity index (χ4n) is 2.30. The van der Waals surface area contributed by atoms with E-state index in [9.17, 15) is 9.59 Å². The van der Waals surface area contributed by atoms with E-state index in [0.29, 0.717) is 13.0 Å². The first-order chi connectivity index (χ1) is 8.19. The Morgan fingerprint density at radius 3 is 3.18 bits per heavy atom. The average molecular weight is 240 g/mol. The summed E-state index contributed by atoms with van der Waals surface area (Å²) < 4.78 is 17.6. The summed E-state index contributed by atoms with van der Waals surface area (Å²) in [4.78, 5) is 25.0. The average Bonchev–Trinajstić information content (AvgIpc) is 2.55. The summed E-state index contributed by atoms with van der Waals surface area (Å²) in [5.74, 6) is 0.263. The Labute approximate surface area is 95.9 Å². The van der Waals surface area contributed by atoms with Crippen molar-refractivity contribution in [3.63, 3.8) is 0 Å². The Balaban J connectivity index is 2.02. The highest BCUT2D eigenvalue weighted by molar-refractivity contribution is 5.14. The van der Waals surface area contributed by atoms with E-state index in [1.165, 1.54) is 10.6 Å². The lowest BCUT2D eigenvalue weighted by molar-refractivity contribution is -0.0359. The van der Waals surface area contributed by atoms with E-state index >= 15 is 0 Å². The molecule has 1 aromatic rings. The number of hydrogen-bond acceptors (Lipinski definition) is 5. The quantitative estimate of drug-likeness (QED) is 0.734. The molecule has 0 saturated carbocycles. The number of aromatic amines is 1. The number of fused-ring (bicyclic) bond motifs is 4. The molecule has 7 heteroatoms. The number of nitrogens with one attached hydrogen (secondary N) is 1. The first-order valence-corrected chi connectivity index (χ1v) is 5.36. The second-order valence-electron chi connectivity index (χ2n) is 4.12. The van der Waals surface area contributed by atoms with Gasteiger partial charge >= 0.3 is 5.69 Å². The van der Waals surface area contributed by atoms with Crippen molar-refractivity contribution in [1.29, 1.82) is 0 Å². The molecule has 0 aromatic carbocycles.